The monoisotopic (exact) mass is 487 g/mol. The average Bonchev–Trinajstić information content (AvgIpc) is 2.68. The Labute approximate surface area is 181 Å². The SMILES string of the molecule is C=C1C(Br)=CC(c2ccccc2)=C(c2c(F)cc(Cl)cc2F)N1CC(F)F.CC. The largest absolute Gasteiger partial charge is 0.334 e. The van der Waals surface area contributed by atoms with Crippen LogP contribution in [0.3, 0.4) is 0 Å². The van der Waals surface area contributed by atoms with Crippen LogP contribution < -0.4 is 0 Å². The quantitative estimate of drug-likeness (QED) is 0.396. The van der Waals surface area contributed by atoms with Crippen LogP contribution in [0, 0.1) is 11.6 Å². The third kappa shape index (κ3) is 5.11. The molecule has 2 aromatic rings. The van der Waals surface area contributed by atoms with Gasteiger partial charge in [0.25, 0.3) is 6.43 Å². The summed E-state index contributed by atoms with van der Waals surface area (Å²) in [4.78, 5) is 1.12. The molecule has 0 fully saturated rings. The molecule has 0 saturated carbocycles. The van der Waals surface area contributed by atoms with Crippen LogP contribution in [0.1, 0.15) is 25.0 Å². The van der Waals surface area contributed by atoms with Crippen molar-refractivity contribution in [3.63, 3.8) is 0 Å². The van der Waals surface area contributed by atoms with Gasteiger partial charge in [-0.05, 0) is 39.7 Å². The van der Waals surface area contributed by atoms with Crippen LogP contribution in [-0.4, -0.2) is 17.9 Å². The summed E-state index contributed by atoms with van der Waals surface area (Å²) >= 11 is 9.02. The van der Waals surface area contributed by atoms with Crippen LogP contribution in [-0.2, 0) is 0 Å². The predicted molar refractivity (Wildman–Crippen MR) is 115 cm³/mol. The molecule has 0 radical (unpaired) electrons. The zero-order valence-corrected chi connectivity index (χ0v) is 18.2. The van der Waals surface area contributed by atoms with E-state index in [4.69, 9.17) is 11.6 Å². The minimum absolute atomic E-state index is 0.0265. The molecule has 0 unspecified atom stereocenters. The highest BCUT2D eigenvalue weighted by Crippen LogP contribution is 2.43. The van der Waals surface area contributed by atoms with Crippen molar-refractivity contribution in [1.82, 2.24) is 4.90 Å². The molecule has 7 heteroatoms. The fourth-order valence-corrected chi connectivity index (χ4v) is 3.54. The summed E-state index contributed by atoms with van der Waals surface area (Å²) in [6.07, 6.45) is -1.13. The zero-order chi connectivity index (χ0) is 21.7. The molecule has 0 aromatic heterocycles. The first-order valence-electron chi connectivity index (χ1n) is 8.86. The van der Waals surface area contributed by atoms with Gasteiger partial charge in [-0.1, -0.05) is 62.4 Å². The standard InChI is InChI=1S/C20H13BrClF4N.C2H6/c1-11-15(21)9-14(12-5-3-2-4-6-12)20(27(11)10-18(25)26)19-16(23)7-13(22)8-17(19)24;1-2/h2-9,18H,1,10H2;1-2H3. The highest BCUT2D eigenvalue weighted by Gasteiger charge is 2.31. The first kappa shape index (κ1) is 23.2. The van der Waals surface area contributed by atoms with E-state index < -0.39 is 30.2 Å². The number of halogens is 6. The van der Waals surface area contributed by atoms with Gasteiger partial charge in [0, 0.05) is 20.8 Å². The van der Waals surface area contributed by atoms with Crippen molar-refractivity contribution in [3.8, 4) is 0 Å². The first-order valence-corrected chi connectivity index (χ1v) is 10.0. The van der Waals surface area contributed by atoms with E-state index in [0.29, 0.717) is 15.6 Å². The molecule has 3 rings (SSSR count). The topological polar surface area (TPSA) is 3.24 Å². The van der Waals surface area contributed by atoms with Crippen molar-refractivity contribution in [2.75, 3.05) is 6.54 Å². The fourth-order valence-electron chi connectivity index (χ4n) is 2.90. The van der Waals surface area contributed by atoms with Crippen LogP contribution in [0.2, 0.25) is 5.02 Å². The minimum atomic E-state index is -2.74. The van der Waals surface area contributed by atoms with E-state index in [1.807, 2.05) is 13.8 Å². The molecule has 0 aliphatic carbocycles. The number of benzene rings is 2. The minimum Gasteiger partial charge on any atom is -0.334 e. The van der Waals surface area contributed by atoms with Gasteiger partial charge >= 0.3 is 0 Å². The third-order valence-corrected chi connectivity index (χ3v) is 4.95. The van der Waals surface area contributed by atoms with Gasteiger partial charge in [-0.15, -0.1) is 0 Å². The molecule has 1 nitrogen and oxygen atoms in total. The second-order valence-corrected chi connectivity index (χ2v) is 7.10. The van der Waals surface area contributed by atoms with Crippen molar-refractivity contribution in [3.05, 3.63) is 93.1 Å². The average molecular weight is 489 g/mol. The van der Waals surface area contributed by atoms with Crippen molar-refractivity contribution in [2.24, 2.45) is 0 Å². The van der Waals surface area contributed by atoms with Crippen molar-refractivity contribution < 1.29 is 17.6 Å². The van der Waals surface area contributed by atoms with E-state index in [-0.39, 0.29) is 16.4 Å². The Bertz CT molecular complexity index is 932. The van der Waals surface area contributed by atoms with Gasteiger partial charge in [0.2, 0.25) is 0 Å². The number of hydrogen-bond acceptors (Lipinski definition) is 1. The highest BCUT2D eigenvalue weighted by atomic mass is 79.9. The Morgan fingerprint density at radius 2 is 1.62 bits per heavy atom. The van der Waals surface area contributed by atoms with Crippen LogP contribution in [0.5, 0.6) is 0 Å². The van der Waals surface area contributed by atoms with E-state index in [1.54, 1.807) is 36.4 Å². The lowest BCUT2D eigenvalue weighted by Gasteiger charge is -2.34. The summed E-state index contributed by atoms with van der Waals surface area (Å²) in [7, 11) is 0. The lowest BCUT2D eigenvalue weighted by atomic mass is 9.94. The number of allylic oxidation sites excluding steroid dienone is 3. The molecule has 0 N–H and O–H groups in total. The number of nitrogens with zero attached hydrogens (tertiary/aromatic N) is 1. The fraction of sp³-hybridized carbons (Fsp3) is 0.182. The molecule has 0 spiro atoms. The molecular formula is C22H19BrClF4N. The first-order chi connectivity index (χ1) is 13.8. The summed E-state index contributed by atoms with van der Waals surface area (Å²) < 4.78 is 56.3. The Morgan fingerprint density at radius 1 is 1.07 bits per heavy atom. The molecular weight excluding hydrogens is 470 g/mol. The molecule has 29 heavy (non-hydrogen) atoms. The Balaban J connectivity index is 0.00000145. The smallest absolute Gasteiger partial charge is 0.256 e. The lowest BCUT2D eigenvalue weighted by molar-refractivity contribution is 0.123. The summed E-state index contributed by atoms with van der Waals surface area (Å²) in [6, 6.07) is 10.6. The summed E-state index contributed by atoms with van der Waals surface area (Å²) in [5.74, 6) is -1.89. The van der Waals surface area contributed by atoms with Gasteiger partial charge in [-0.2, -0.15) is 0 Å². The molecule has 0 bridgehead atoms. The van der Waals surface area contributed by atoms with E-state index in [1.165, 1.54) is 0 Å². The molecule has 2 aromatic carbocycles. The van der Waals surface area contributed by atoms with Gasteiger partial charge < -0.3 is 4.90 Å². The van der Waals surface area contributed by atoms with Gasteiger partial charge in [0.1, 0.15) is 11.6 Å². The third-order valence-electron chi connectivity index (χ3n) is 4.05. The Morgan fingerprint density at radius 3 is 2.14 bits per heavy atom. The molecule has 0 atom stereocenters. The van der Waals surface area contributed by atoms with E-state index >= 15 is 0 Å². The van der Waals surface area contributed by atoms with E-state index in [9.17, 15) is 17.6 Å². The molecule has 0 saturated heterocycles. The van der Waals surface area contributed by atoms with Gasteiger partial charge in [-0.25, -0.2) is 17.6 Å². The lowest BCUT2D eigenvalue weighted by Crippen LogP contribution is -2.30. The Hall–Kier alpha value is -2.05. The highest BCUT2D eigenvalue weighted by molar-refractivity contribution is 9.12. The maximum Gasteiger partial charge on any atom is 0.256 e. The molecule has 1 aliphatic rings. The van der Waals surface area contributed by atoms with Crippen molar-refractivity contribution >= 4 is 38.8 Å². The number of alkyl halides is 2. The summed E-state index contributed by atoms with van der Waals surface area (Å²) in [5.41, 5.74) is 0.719. The normalized spacial score (nSPS) is 14.0. The van der Waals surface area contributed by atoms with Crippen LogP contribution in [0.25, 0.3) is 11.3 Å². The molecule has 1 aliphatic heterocycles. The van der Waals surface area contributed by atoms with Crippen LogP contribution in [0.15, 0.2) is 65.3 Å². The molecule has 1 heterocycles. The number of rotatable bonds is 4. The van der Waals surface area contributed by atoms with Crippen LogP contribution >= 0.6 is 27.5 Å². The maximum absolute atomic E-state index is 14.7. The Kier molecular flexibility index (Phi) is 8.11. The molecule has 154 valence electrons. The second-order valence-electron chi connectivity index (χ2n) is 5.81. The summed E-state index contributed by atoms with van der Waals surface area (Å²) in [6.45, 7) is 7.01. The van der Waals surface area contributed by atoms with Gasteiger partial charge in [-0.3, -0.25) is 0 Å². The van der Waals surface area contributed by atoms with E-state index in [2.05, 4.69) is 22.5 Å². The zero-order valence-electron chi connectivity index (χ0n) is 15.8. The number of hydrogen-bond donors (Lipinski definition) is 0. The van der Waals surface area contributed by atoms with Gasteiger partial charge in [0.15, 0.2) is 0 Å². The maximum atomic E-state index is 14.7. The predicted octanol–water partition coefficient (Wildman–Crippen LogP) is 7.89. The van der Waals surface area contributed by atoms with Crippen molar-refractivity contribution in [1.29, 1.82) is 0 Å². The van der Waals surface area contributed by atoms with Crippen molar-refractivity contribution in [2.45, 2.75) is 20.3 Å². The van der Waals surface area contributed by atoms with Gasteiger partial charge in [0.05, 0.1) is 17.8 Å². The second kappa shape index (κ2) is 10.1. The van der Waals surface area contributed by atoms with Crippen LogP contribution in [0.4, 0.5) is 17.6 Å². The molecule has 0 amide bonds. The summed E-state index contributed by atoms with van der Waals surface area (Å²) in [5, 5.41) is -0.123. The van der Waals surface area contributed by atoms with E-state index in [0.717, 1.165) is 17.0 Å².